The van der Waals surface area contributed by atoms with Gasteiger partial charge in [0.1, 0.15) is 11.7 Å². The molecular weight excluding hydrogens is 248 g/mol. The average Bonchev–Trinajstić information content (AvgIpc) is 2.85. The van der Waals surface area contributed by atoms with E-state index in [2.05, 4.69) is 16.8 Å². The fourth-order valence-electron chi connectivity index (χ4n) is 2.49. The minimum absolute atomic E-state index is 0.0256. The number of nitrogens with zero attached hydrogens (tertiary/aromatic N) is 1. The van der Waals surface area contributed by atoms with Crippen LogP contribution < -0.4 is 5.32 Å². The van der Waals surface area contributed by atoms with Crippen LogP contribution in [0.15, 0.2) is 17.5 Å². The van der Waals surface area contributed by atoms with Crippen LogP contribution in [-0.4, -0.2) is 36.1 Å². The van der Waals surface area contributed by atoms with Crippen LogP contribution >= 0.6 is 11.3 Å². The van der Waals surface area contributed by atoms with Gasteiger partial charge in [0, 0.05) is 18.5 Å². The van der Waals surface area contributed by atoms with Gasteiger partial charge in [-0.1, -0.05) is 6.07 Å². The van der Waals surface area contributed by atoms with Crippen molar-refractivity contribution in [2.45, 2.75) is 37.6 Å². The highest BCUT2D eigenvalue weighted by molar-refractivity contribution is 7.10. The van der Waals surface area contributed by atoms with Gasteiger partial charge in [0.15, 0.2) is 0 Å². The number of methoxy groups -OCH3 is 1. The Morgan fingerprint density at radius 1 is 1.67 bits per heavy atom. The highest BCUT2D eigenvalue weighted by Crippen LogP contribution is 2.46. The third-order valence-corrected chi connectivity index (χ3v) is 4.74. The molecule has 1 aromatic rings. The molecule has 2 heterocycles. The van der Waals surface area contributed by atoms with E-state index in [-0.39, 0.29) is 23.7 Å². The number of nitrogens with one attached hydrogen (secondary N) is 1. The van der Waals surface area contributed by atoms with Gasteiger partial charge in [-0.25, -0.2) is 0 Å². The number of carbonyl (C=O) groups excluding carboxylic acids is 1. The zero-order chi connectivity index (χ0) is 12.8. The zero-order valence-corrected chi connectivity index (χ0v) is 11.5. The molecule has 1 saturated heterocycles. The van der Waals surface area contributed by atoms with Crippen LogP contribution in [0.2, 0.25) is 0 Å². The lowest BCUT2D eigenvalue weighted by atomic mass is 10.2. The lowest BCUT2D eigenvalue weighted by molar-refractivity contribution is -0.132. The van der Waals surface area contributed by atoms with Crippen molar-refractivity contribution in [3.05, 3.63) is 22.4 Å². The van der Waals surface area contributed by atoms with Crippen molar-refractivity contribution >= 4 is 17.2 Å². The molecule has 98 valence electrons. The number of amides is 1. The minimum atomic E-state index is -0.262. The fourth-order valence-corrected chi connectivity index (χ4v) is 3.27. The molecule has 5 heteroatoms. The summed E-state index contributed by atoms with van der Waals surface area (Å²) < 4.78 is 5.30. The first-order valence-corrected chi connectivity index (χ1v) is 7.19. The molecule has 0 radical (unpaired) electrons. The molecule has 1 aliphatic carbocycles. The Morgan fingerprint density at radius 2 is 2.44 bits per heavy atom. The summed E-state index contributed by atoms with van der Waals surface area (Å²) in [5.74, 6) is 0.241. The molecule has 1 aromatic heterocycles. The second-order valence-electron chi connectivity index (χ2n) is 5.15. The number of thiophene rings is 1. The first-order chi connectivity index (χ1) is 8.66. The van der Waals surface area contributed by atoms with E-state index in [1.54, 1.807) is 18.4 Å². The molecule has 4 nitrogen and oxygen atoms in total. The quantitative estimate of drug-likeness (QED) is 0.902. The highest BCUT2D eigenvalue weighted by atomic mass is 32.1. The lowest BCUT2D eigenvalue weighted by Crippen LogP contribution is -2.37. The number of hydrogen-bond acceptors (Lipinski definition) is 4. The third-order valence-electron chi connectivity index (χ3n) is 3.81. The summed E-state index contributed by atoms with van der Waals surface area (Å²) in [6.45, 7) is 2.64. The van der Waals surface area contributed by atoms with E-state index >= 15 is 0 Å². The van der Waals surface area contributed by atoms with Crippen LogP contribution in [0.1, 0.15) is 30.8 Å². The van der Waals surface area contributed by atoms with E-state index in [9.17, 15) is 4.79 Å². The Hall–Kier alpha value is -0.910. The van der Waals surface area contributed by atoms with E-state index in [1.807, 2.05) is 17.9 Å². The largest absolute Gasteiger partial charge is 0.380 e. The van der Waals surface area contributed by atoms with Crippen LogP contribution in [0, 0.1) is 0 Å². The Bertz CT molecular complexity index is 442. The van der Waals surface area contributed by atoms with Crippen LogP contribution in [0.4, 0.5) is 0 Å². The van der Waals surface area contributed by atoms with Gasteiger partial charge in [-0.05, 0) is 31.2 Å². The molecule has 1 N–H and O–H groups in total. The molecule has 0 bridgehead atoms. The molecule has 1 amide bonds. The second-order valence-corrected chi connectivity index (χ2v) is 6.13. The van der Waals surface area contributed by atoms with Crippen LogP contribution in [0.5, 0.6) is 0 Å². The summed E-state index contributed by atoms with van der Waals surface area (Å²) in [5, 5.41) is 5.56. The van der Waals surface area contributed by atoms with Gasteiger partial charge in [0.05, 0.1) is 6.10 Å². The van der Waals surface area contributed by atoms with E-state index in [0.29, 0.717) is 6.54 Å². The van der Waals surface area contributed by atoms with Crippen LogP contribution in [0.3, 0.4) is 0 Å². The number of ether oxygens (including phenoxy) is 1. The van der Waals surface area contributed by atoms with Crippen molar-refractivity contribution in [3.63, 3.8) is 0 Å². The highest BCUT2D eigenvalue weighted by Gasteiger charge is 2.59. The lowest BCUT2D eigenvalue weighted by Gasteiger charge is -2.25. The third kappa shape index (κ3) is 1.86. The Labute approximate surface area is 111 Å². The summed E-state index contributed by atoms with van der Waals surface area (Å²) in [6, 6.07) is 4.11. The molecule has 2 aliphatic rings. The topological polar surface area (TPSA) is 41.6 Å². The van der Waals surface area contributed by atoms with E-state index in [4.69, 9.17) is 4.74 Å². The summed E-state index contributed by atoms with van der Waals surface area (Å²) in [4.78, 5) is 15.6. The maximum atomic E-state index is 12.5. The van der Waals surface area contributed by atoms with Crippen molar-refractivity contribution in [1.82, 2.24) is 10.2 Å². The van der Waals surface area contributed by atoms with Crippen molar-refractivity contribution < 1.29 is 9.53 Å². The molecule has 1 aliphatic heterocycles. The number of hydrogen-bond donors (Lipinski definition) is 1. The molecule has 0 aromatic carbocycles. The molecule has 2 unspecified atom stereocenters. The smallest absolute Gasteiger partial charge is 0.244 e. The number of carbonyl (C=O) groups is 1. The SMILES string of the molecule is COC(C)CN1C(=O)C2(CC2)NC1c1cccs1. The van der Waals surface area contributed by atoms with Crippen molar-refractivity contribution in [2.75, 3.05) is 13.7 Å². The van der Waals surface area contributed by atoms with Crippen molar-refractivity contribution in [3.8, 4) is 0 Å². The monoisotopic (exact) mass is 266 g/mol. The van der Waals surface area contributed by atoms with E-state index in [1.165, 1.54) is 4.88 Å². The van der Waals surface area contributed by atoms with Crippen molar-refractivity contribution in [2.24, 2.45) is 0 Å². The van der Waals surface area contributed by atoms with Crippen LogP contribution in [-0.2, 0) is 9.53 Å². The normalized spacial score (nSPS) is 26.9. The Kier molecular flexibility index (Phi) is 2.92. The van der Waals surface area contributed by atoms with Crippen molar-refractivity contribution in [1.29, 1.82) is 0 Å². The van der Waals surface area contributed by atoms with Gasteiger partial charge in [-0.15, -0.1) is 11.3 Å². The molecule has 1 spiro atoms. The standard InChI is InChI=1S/C13H18N2O2S/c1-9(17-2)8-15-11(10-4-3-7-18-10)14-13(5-6-13)12(15)16/h3-4,7,9,11,14H,5-6,8H2,1-2H3. The molecule has 2 fully saturated rings. The first kappa shape index (κ1) is 12.1. The fraction of sp³-hybridized carbons (Fsp3) is 0.615. The van der Waals surface area contributed by atoms with Crippen LogP contribution in [0.25, 0.3) is 0 Å². The molecule has 18 heavy (non-hydrogen) atoms. The molecule has 2 atom stereocenters. The summed E-state index contributed by atoms with van der Waals surface area (Å²) in [6.07, 6.45) is 2.02. The van der Waals surface area contributed by atoms with Gasteiger partial charge in [-0.2, -0.15) is 0 Å². The molecular formula is C13H18N2O2S. The Morgan fingerprint density at radius 3 is 3.00 bits per heavy atom. The number of rotatable bonds is 4. The van der Waals surface area contributed by atoms with E-state index < -0.39 is 0 Å². The maximum Gasteiger partial charge on any atom is 0.244 e. The van der Waals surface area contributed by atoms with Gasteiger partial charge >= 0.3 is 0 Å². The zero-order valence-electron chi connectivity index (χ0n) is 10.7. The second kappa shape index (κ2) is 4.33. The maximum absolute atomic E-state index is 12.5. The molecule has 1 saturated carbocycles. The Balaban J connectivity index is 1.84. The van der Waals surface area contributed by atoms with Gasteiger partial charge < -0.3 is 9.64 Å². The summed E-state index contributed by atoms with van der Waals surface area (Å²) >= 11 is 1.69. The average molecular weight is 266 g/mol. The predicted octanol–water partition coefficient (Wildman–Crippen LogP) is 1.75. The molecule has 3 rings (SSSR count). The predicted molar refractivity (Wildman–Crippen MR) is 70.3 cm³/mol. The minimum Gasteiger partial charge on any atom is -0.380 e. The van der Waals surface area contributed by atoms with E-state index in [0.717, 1.165) is 12.8 Å². The first-order valence-electron chi connectivity index (χ1n) is 6.31. The van der Waals surface area contributed by atoms with Gasteiger partial charge in [0.2, 0.25) is 5.91 Å². The summed E-state index contributed by atoms with van der Waals surface area (Å²) in [5.41, 5.74) is -0.262. The summed E-state index contributed by atoms with van der Waals surface area (Å²) in [7, 11) is 1.69. The van der Waals surface area contributed by atoms with Gasteiger partial charge in [0.25, 0.3) is 0 Å². The van der Waals surface area contributed by atoms with Gasteiger partial charge in [-0.3, -0.25) is 10.1 Å².